The molecule has 0 unspecified atom stereocenters. The number of carbonyl (C=O) groups excluding carboxylic acids is 3. The standard InChI is InChI=1S/C38H42ClF3N8O6/c1-2-3-19-55-35(52)26-9-10-31(44-23-26)47-15-17-48(18-16-47)34(51)30(22-24-20-28(38(40,41)42)32(43)29(39)21-24)56-37(54)49-13-11-27(12-14-49)50-36(53)45-33(46-50)25-7-5-4-6-8-25/h4-10,20-21,23,27,30H,2-3,11-19,22,43H2,1H3,(H,45,46,53)/t30-/m1/s1. The number of halogens is 4. The van der Waals surface area contributed by atoms with E-state index < -0.39 is 47.9 Å². The minimum absolute atomic E-state index is 0.00431. The van der Waals surface area contributed by atoms with Crippen molar-refractivity contribution in [1.82, 2.24) is 29.5 Å². The van der Waals surface area contributed by atoms with Gasteiger partial charge >= 0.3 is 23.9 Å². The van der Waals surface area contributed by atoms with Gasteiger partial charge in [-0.05, 0) is 49.1 Å². The number of likely N-dealkylation sites (tertiary alicyclic amines) is 1. The third-order valence-electron chi connectivity index (χ3n) is 9.82. The monoisotopic (exact) mass is 798 g/mol. The Bertz CT molecular complexity index is 2060. The van der Waals surface area contributed by atoms with Crippen molar-refractivity contribution in [2.75, 3.05) is 56.5 Å². The molecule has 0 bridgehead atoms. The summed E-state index contributed by atoms with van der Waals surface area (Å²) in [4.78, 5) is 64.6. The Labute approximate surface area is 325 Å². The summed E-state index contributed by atoms with van der Waals surface area (Å²) in [5.41, 5.74) is 4.52. The molecule has 0 radical (unpaired) electrons. The second-order valence-corrected chi connectivity index (χ2v) is 14.0. The Morgan fingerprint density at radius 3 is 2.36 bits per heavy atom. The van der Waals surface area contributed by atoms with Crippen molar-refractivity contribution >= 4 is 41.1 Å². The highest BCUT2D eigenvalue weighted by Gasteiger charge is 2.37. The third kappa shape index (κ3) is 9.44. The number of esters is 1. The quantitative estimate of drug-likeness (QED) is 0.111. The summed E-state index contributed by atoms with van der Waals surface area (Å²) in [6.07, 6.45) is -3.72. The molecule has 4 heterocycles. The molecule has 2 aromatic heterocycles. The fourth-order valence-electron chi connectivity index (χ4n) is 6.67. The maximum absolute atomic E-state index is 14.0. The minimum Gasteiger partial charge on any atom is -0.462 e. The molecule has 4 aromatic rings. The van der Waals surface area contributed by atoms with E-state index in [1.807, 2.05) is 42.2 Å². The lowest BCUT2D eigenvalue weighted by Gasteiger charge is -2.37. The molecule has 2 saturated heterocycles. The number of hydrogen-bond donors (Lipinski definition) is 2. The molecule has 2 aliphatic heterocycles. The number of unbranched alkanes of at least 4 members (excludes halogenated alkanes) is 1. The van der Waals surface area contributed by atoms with Crippen LogP contribution in [0, 0.1) is 0 Å². The molecule has 1 atom stereocenters. The summed E-state index contributed by atoms with van der Waals surface area (Å²) in [5.74, 6) is -0.0552. The number of carbonyl (C=O) groups is 3. The second-order valence-electron chi connectivity index (χ2n) is 13.6. The number of piperidine rings is 1. The number of H-pyrrole nitrogens is 1. The number of nitrogens with two attached hydrogens (primary N) is 1. The Morgan fingerprint density at radius 1 is 1.00 bits per heavy atom. The first kappa shape index (κ1) is 40.1. The summed E-state index contributed by atoms with van der Waals surface area (Å²) in [6.45, 7) is 3.75. The van der Waals surface area contributed by atoms with E-state index in [4.69, 9.17) is 26.8 Å². The maximum Gasteiger partial charge on any atom is 0.418 e. The second kappa shape index (κ2) is 17.5. The van der Waals surface area contributed by atoms with Gasteiger partial charge in [0.05, 0.1) is 34.5 Å². The van der Waals surface area contributed by atoms with Crippen LogP contribution in [0.2, 0.25) is 5.02 Å². The number of hydrogen-bond acceptors (Lipinski definition) is 10. The number of benzene rings is 2. The van der Waals surface area contributed by atoms with Crippen LogP contribution in [-0.2, 0) is 26.9 Å². The van der Waals surface area contributed by atoms with Gasteiger partial charge in [0.2, 0.25) is 0 Å². The molecule has 56 heavy (non-hydrogen) atoms. The van der Waals surface area contributed by atoms with Gasteiger partial charge in [-0.15, -0.1) is 5.10 Å². The van der Waals surface area contributed by atoms with Crippen molar-refractivity contribution in [2.24, 2.45) is 0 Å². The van der Waals surface area contributed by atoms with E-state index in [1.54, 1.807) is 12.1 Å². The molecule has 0 saturated carbocycles. The highest BCUT2D eigenvalue weighted by Crippen LogP contribution is 2.38. The number of anilines is 2. The number of aromatic nitrogens is 4. The summed E-state index contributed by atoms with van der Waals surface area (Å²) in [6, 6.07) is 14.2. The van der Waals surface area contributed by atoms with Gasteiger partial charge in [0.25, 0.3) is 5.91 Å². The number of piperazine rings is 1. The summed E-state index contributed by atoms with van der Waals surface area (Å²) < 4.78 is 54.0. The van der Waals surface area contributed by atoms with Gasteiger partial charge in [-0.25, -0.2) is 24.0 Å². The lowest BCUT2D eigenvalue weighted by Crippen LogP contribution is -2.53. The van der Waals surface area contributed by atoms with E-state index in [1.165, 1.54) is 26.7 Å². The van der Waals surface area contributed by atoms with Crippen LogP contribution >= 0.6 is 11.6 Å². The van der Waals surface area contributed by atoms with E-state index in [0.29, 0.717) is 49.7 Å². The molecule has 2 aliphatic rings. The Hall–Kier alpha value is -5.58. The van der Waals surface area contributed by atoms with Crippen LogP contribution in [0.1, 0.15) is 60.1 Å². The first-order valence-corrected chi connectivity index (χ1v) is 18.7. The van der Waals surface area contributed by atoms with Crippen molar-refractivity contribution < 1.29 is 37.0 Å². The Morgan fingerprint density at radius 2 is 1.71 bits per heavy atom. The van der Waals surface area contributed by atoms with Crippen LogP contribution in [0.4, 0.5) is 29.5 Å². The topological polar surface area (TPSA) is 169 Å². The molecule has 0 aliphatic carbocycles. The molecule has 2 fully saturated rings. The van der Waals surface area contributed by atoms with Gasteiger partial charge in [0.15, 0.2) is 11.9 Å². The summed E-state index contributed by atoms with van der Waals surface area (Å²) in [5, 5.41) is 4.12. The van der Waals surface area contributed by atoms with Crippen LogP contribution in [0.15, 0.2) is 65.6 Å². The molecule has 0 spiro atoms. The SMILES string of the molecule is CCCCOC(=O)c1ccc(N2CCN(C(=O)[C@@H](Cc3cc(Cl)c(N)c(C(F)(F)F)c3)OC(=O)N3CCC(n4nc(-c5ccccc5)[nH]c4=O)CC3)CC2)nc1. The van der Waals surface area contributed by atoms with Crippen LogP contribution in [0.5, 0.6) is 0 Å². The van der Waals surface area contributed by atoms with E-state index in [0.717, 1.165) is 24.5 Å². The molecule has 2 aromatic carbocycles. The lowest BCUT2D eigenvalue weighted by atomic mass is 10.0. The number of ether oxygens (including phenoxy) is 2. The Kier molecular flexibility index (Phi) is 12.5. The average molecular weight is 799 g/mol. The van der Waals surface area contributed by atoms with Gasteiger partial charge in [0.1, 0.15) is 5.82 Å². The number of alkyl halides is 3. The van der Waals surface area contributed by atoms with Crippen LogP contribution in [0.25, 0.3) is 11.4 Å². The molecule has 298 valence electrons. The zero-order valence-electron chi connectivity index (χ0n) is 30.6. The normalized spacial score (nSPS) is 15.8. The van der Waals surface area contributed by atoms with E-state index in [9.17, 15) is 32.3 Å². The van der Waals surface area contributed by atoms with Gasteiger partial charge in [-0.3, -0.25) is 9.78 Å². The molecule has 2 amide bonds. The summed E-state index contributed by atoms with van der Waals surface area (Å²) in [7, 11) is 0. The fourth-order valence-corrected chi connectivity index (χ4v) is 6.91. The van der Waals surface area contributed by atoms with Gasteiger partial charge in [0, 0.05) is 57.4 Å². The van der Waals surface area contributed by atoms with Crippen molar-refractivity contribution in [1.29, 1.82) is 0 Å². The predicted molar refractivity (Wildman–Crippen MR) is 201 cm³/mol. The first-order valence-electron chi connectivity index (χ1n) is 18.3. The number of nitrogens with one attached hydrogen (secondary N) is 1. The maximum atomic E-state index is 14.0. The lowest BCUT2D eigenvalue weighted by molar-refractivity contribution is -0.141. The van der Waals surface area contributed by atoms with Crippen LogP contribution < -0.4 is 16.3 Å². The number of aromatic amines is 1. The van der Waals surface area contributed by atoms with Crippen molar-refractivity contribution in [3.05, 3.63) is 93.0 Å². The van der Waals surface area contributed by atoms with Crippen LogP contribution in [-0.4, -0.2) is 99.5 Å². The summed E-state index contributed by atoms with van der Waals surface area (Å²) >= 11 is 6.10. The van der Waals surface area contributed by atoms with Crippen molar-refractivity contribution in [2.45, 2.75) is 57.3 Å². The highest BCUT2D eigenvalue weighted by atomic mass is 35.5. The Balaban J connectivity index is 1.13. The number of amides is 2. The minimum atomic E-state index is -4.82. The molecule has 6 rings (SSSR count). The molecular formula is C38H42ClF3N8O6. The van der Waals surface area contributed by atoms with Gasteiger partial charge < -0.3 is 29.9 Å². The van der Waals surface area contributed by atoms with Gasteiger partial charge in [-0.2, -0.15) is 13.2 Å². The van der Waals surface area contributed by atoms with Crippen LogP contribution in [0.3, 0.4) is 0 Å². The zero-order chi connectivity index (χ0) is 40.0. The first-order chi connectivity index (χ1) is 26.8. The van der Waals surface area contributed by atoms with E-state index in [-0.39, 0.29) is 48.5 Å². The number of pyridine rings is 1. The average Bonchev–Trinajstić information content (AvgIpc) is 3.60. The van der Waals surface area contributed by atoms with E-state index >= 15 is 0 Å². The number of nitrogen functional groups attached to an aromatic ring is 1. The molecule has 18 heteroatoms. The zero-order valence-corrected chi connectivity index (χ0v) is 31.4. The van der Waals surface area contributed by atoms with Crippen molar-refractivity contribution in [3.8, 4) is 11.4 Å². The molecule has 14 nitrogen and oxygen atoms in total. The largest absolute Gasteiger partial charge is 0.462 e. The third-order valence-corrected chi connectivity index (χ3v) is 10.1. The fraction of sp³-hybridized carbons (Fsp3) is 0.421. The molecule has 3 N–H and O–H groups in total. The number of rotatable bonds is 11. The predicted octanol–water partition coefficient (Wildman–Crippen LogP) is 5.58. The highest BCUT2D eigenvalue weighted by molar-refractivity contribution is 6.33. The van der Waals surface area contributed by atoms with Crippen molar-refractivity contribution in [3.63, 3.8) is 0 Å². The smallest absolute Gasteiger partial charge is 0.418 e. The van der Waals surface area contributed by atoms with E-state index in [2.05, 4.69) is 15.1 Å². The van der Waals surface area contributed by atoms with Gasteiger partial charge in [-0.1, -0.05) is 55.3 Å². The number of nitrogens with zero attached hydrogens (tertiary/aromatic N) is 6. The molecular weight excluding hydrogens is 757 g/mol.